The van der Waals surface area contributed by atoms with Crippen LogP contribution in [0, 0.1) is 5.92 Å². The molecule has 1 heterocycles. The standard InChI is InChI=1S/C6H14N4S/c7-6(10-8)9-3-5-1-2-11-4-5/h5H,1-4,8H2,(H3,7,9,10). The van der Waals surface area contributed by atoms with Crippen LogP contribution in [0.15, 0.2) is 4.99 Å². The maximum absolute atomic E-state index is 5.36. The van der Waals surface area contributed by atoms with Gasteiger partial charge in [0.25, 0.3) is 0 Å². The van der Waals surface area contributed by atoms with Crippen LogP contribution < -0.4 is 17.0 Å². The molecule has 0 aliphatic carbocycles. The lowest BCUT2D eigenvalue weighted by molar-refractivity contribution is 0.611. The molecular formula is C6H14N4S. The van der Waals surface area contributed by atoms with Crippen LogP contribution >= 0.6 is 11.8 Å². The van der Waals surface area contributed by atoms with Crippen molar-refractivity contribution in [3.8, 4) is 0 Å². The molecule has 0 saturated carbocycles. The zero-order valence-corrected chi connectivity index (χ0v) is 7.23. The number of hydrogen-bond acceptors (Lipinski definition) is 3. The minimum absolute atomic E-state index is 0.335. The van der Waals surface area contributed by atoms with Gasteiger partial charge in [-0.05, 0) is 23.8 Å². The normalized spacial score (nSPS) is 25.5. The molecule has 11 heavy (non-hydrogen) atoms. The van der Waals surface area contributed by atoms with Gasteiger partial charge in [0.15, 0.2) is 0 Å². The minimum atomic E-state index is 0.335. The SMILES string of the molecule is NNC(N)=NCC1CCSC1. The van der Waals surface area contributed by atoms with Gasteiger partial charge in [0.2, 0.25) is 5.96 Å². The summed E-state index contributed by atoms with van der Waals surface area (Å²) in [6.45, 7) is 0.809. The van der Waals surface area contributed by atoms with Crippen molar-refractivity contribution in [1.82, 2.24) is 5.43 Å². The average molecular weight is 174 g/mol. The van der Waals surface area contributed by atoms with Gasteiger partial charge in [0.05, 0.1) is 0 Å². The molecule has 1 aliphatic heterocycles. The van der Waals surface area contributed by atoms with Crippen molar-refractivity contribution < 1.29 is 0 Å². The molecule has 1 unspecified atom stereocenters. The molecule has 4 nitrogen and oxygen atoms in total. The Morgan fingerprint density at radius 3 is 3.09 bits per heavy atom. The molecular weight excluding hydrogens is 160 g/mol. The number of nitrogens with zero attached hydrogens (tertiary/aromatic N) is 1. The van der Waals surface area contributed by atoms with Crippen molar-refractivity contribution in [3.05, 3.63) is 0 Å². The molecule has 1 aliphatic rings. The summed E-state index contributed by atoms with van der Waals surface area (Å²) in [6, 6.07) is 0. The second-order valence-corrected chi connectivity index (χ2v) is 3.75. The molecule has 5 heteroatoms. The zero-order valence-electron chi connectivity index (χ0n) is 6.42. The fourth-order valence-corrected chi connectivity index (χ4v) is 2.27. The maximum atomic E-state index is 5.36. The number of guanidine groups is 1. The number of hydrogen-bond donors (Lipinski definition) is 3. The number of rotatable bonds is 2. The number of aliphatic imine (C=N–C) groups is 1. The van der Waals surface area contributed by atoms with Gasteiger partial charge in [-0.1, -0.05) is 0 Å². The summed E-state index contributed by atoms with van der Waals surface area (Å²) in [5.41, 5.74) is 7.67. The molecule has 1 atom stereocenters. The average Bonchev–Trinajstić information content (AvgIpc) is 2.52. The van der Waals surface area contributed by atoms with E-state index in [1.165, 1.54) is 17.9 Å². The number of nitrogens with two attached hydrogens (primary N) is 2. The Morgan fingerprint density at radius 1 is 1.73 bits per heavy atom. The highest BCUT2D eigenvalue weighted by Gasteiger charge is 2.14. The molecule has 0 aromatic heterocycles. The predicted octanol–water partition coefficient (Wildman–Crippen LogP) is -0.483. The van der Waals surface area contributed by atoms with E-state index in [0.717, 1.165) is 6.54 Å². The van der Waals surface area contributed by atoms with Gasteiger partial charge in [-0.3, -0.25) is 10.4 Å². The van der Waals surface area contributed by atoms with Crippen molar-refractivity contribution in [2.45, 2.75) is 6.42 Å². The Labute approximate surface area is 70.8 Å². The lowest BCUT2D eigenvalue weighted by atomic mass is 10.1. The summed E-state index contributed by atoms with van der Waals surface area (Å²) in [6.07, 6.45) is 1.26. The van der Waals surface area contributed by atoms with Crippen LogP contribution in [0.5, 0.6) is 0 Å². The summed E-state index contributed by atoms with van der Waals surface area (Å²) in [5, 5.41) is 0. The van der Waals surface area contributed by atoms with E-state index < -0.39 is 0 Å². The van der Waals surface area contributed by atoms with Gasteiger partial charge in [0, 0.05) is 6.54 Å². The van der Waals surface area contributed by atoms with Crippen LogP contribution in [0.3, 0.4) is 0 Å². The van der Waals surface area contributed by atoms with Crippen LogP contribution in [-0.4, -0.2) is 24.0 Å². The molecule has 1 rings (SSSR count). The molecule has 5 N–H and O–H groups in total. The van der Waals surface area contributed by atoms with E-state index in [1.54, 1.807) is 0 Å². The van der Waals surface area contributed by atoms with Gasteiger partial charge < -0.3 is 5.73 Å². The fraction of sp³-hybridized carbons (Fsp3) is 0.833. The second-order valence-electron chi connectivity index (χ2n) is 2.60. The first-order chi connectivity index (χ1) is 5.33. The molecule has 64 valence electrons. The van der Waals surface area contributed by atoms with Crippen LogP contribution in [0.1, 0.15) is 6.42 Å². The van der Waals surface area contributed by atoms with E-state index in [9.17, 15) is 0 Å². The monoisotopic (exact) mass is 174 g/mol. The van der Waals surface area contributed by atoms with Gasteiger partial charge in [-0.15, -0.1) is 0 Å². The van der Waals surface area contributed by atoms with E-state index in [0.29, 0.717) is 11.9 Å². The Hall–Kier alpha value is -0.420. The highest BCUT2D eigenvalue weighted by Crippen LogP contribution is 2.23. The molecule has 0 spiro atoms. The largest absolute Gasteiger partial charge is 0.369 e. The van der Waals surface area contributed by atoms with Gasteiger partial charge in [0.1, 0.15) is 0 Å². The first-order valence-electron chi connectivity index (χ1n) is 3.67. The van der Waals surface area contributed by atoms with E-state index in [4.69, 9.17) is 11.6 Å². The number of nitrogens with one attached hydrogen (secondary N) is 1. The summed E-state index contributed by atoms with van der Waals surface area (Å²) in [7, 11) is 0. The number of hydrazine groups is 1. The van der Waals surface area contributed by atoms with Gasteiger partial charge in [-0.2, -0.15) is 11.8 Å². The highest BCUT2D eigenvalue weighted by molar-refractivity contribution is 7.99. The van der Waals surface area contributed by atoms with Gasteiger partial charge >= 0.3 is 0 Å². The lowest BCUT2D eigenvalue weighted by Crippen LogP contribution is -2.37. The van der Waals surface area contributed by atoms with Crippen LogP contribution in [0.2, 0.25) is 0 Å². The van der Waals surface area contributed by atoms with Crippen molar-refractivity contribution in [2.24, 2.45) is 22.5 Å². The van der Waals surface area contributed by atoms with Gasteiger partial charge in [-0.25, -0.2) is 5.84 Å². The molecule has 0 bridgehead atoms. The summed E-state index contributed by atoms with van der Waals surface area (Å²) in [5.74, 6) is 8.55. The van der Waals surface area contributed by atoms with Crippen LogP contribution in [0.4, 0.5) is 0 Å². The third-order valence-electron chi connectivity index (χ3n) is 1.69. The summed E-state index contributed by atoms with van der Waals surface area (Å²) in [4.78, 5) is 4.07. The first-order valence-corrected chi connectivity index (χ1v) is 4.82. The van der Waals surface area contributed by atoms with Crippen LogP contribution in [-0.2, 0) is 0 Å². The van der Waals surface area contributed by atoms with E-state index in [-0.39, 0.29) is 0 Å². The Morgan fingerprint density at radius 2 is 2.55 bits per heavy atom. The number of thioether (sulfide) groups is 1. The Balaban J connectivity index is 2.19. The molecule has 0 radical (unpaired) electrons. The van der Waals surface area contributed by atoms with E-state index in [2.05, 4.69) is 10.4 Å². The lowest BCUT2D eigenvalue weighted by Gasteiger charge is -2.03. The van der Waals surface area contributed by atoms with E-state index >= 15 is 0 Å². The highest BCUT2D eigenvalue weighted by atomic mass is 32.2. The molecule has 0 amide bonds. The molecule has 0 aromatic rings. The van der Waals surface area contributed by atoms with Crippen molar-refractivity contribution >= 4 is 17.7 Å². The summed E-state index contributed by atoms with van der Waals surface area (Å²) >= 11 is 1.98. The van der Waals surface area contributed by atoms with Crippen LogP contribution in [0.25, 0.3) is 0 Å². The predicted molar refractivity (Wildman–Crippen MR) is 49.2 cm³/mol. The second kappa shape index (κ2) is 4.46. The molecule has 0 aromatic carbocycles. The maximum Gasteiger partial charge on any atom is 0.203 e. The third kappa shape index (κ3) is 2.98. The Bertz CT molecular complexity index is 142. The smallest absolute Gasteiger partial charge is 0.203 e. The minimum Gasteiger partial charge on any atom is -0.369 e. The van der Waals surface area contributed by atoms with Crippen molar-refractivity contribution in [3.63, 3.8) is 0 Å². The molecule has 1 saturated heterocycles. The van der Waals surface area contributed by atoms with Crippen molar-refractivity contribution in [2.75, 3.05) is 18.1 Å². The third-order valence-corrected chi connectivity index (χ3v) is 2.92. The quantitative estimate of drug-likeness (QED) is 0.229. The zero-order chi connectivity index (χ0) is 8.10. The van der Waals surface area contributed by atoms with E-state index in [1.807, 2.05) is 11.8 Å². The summed E-state index contributed by atoms with van der Waals surface area (Å²) < 4.78 is 0. The fourth-order valence-electron chi connectivity index (χ4n) is 1.00. The molecule has 1 fully saturated rings. The first kappa shape index (κ1) is 8.67. The van der Waals surface area contributed by atoms with Crippen molar-refractivity contribution in [1.29, 1.82) is 0 Å². The topological polar surface area (TPSA) is 76.4 Å². The Kier molecular flexibility index (Phi) is 3.51.